The van der Waals surface area contributed by atoms with Crippen LogP contribution in [0.15, 0.2) is 54.6 Å². The van der Waals surface area contributed by atoms with Crippen LogP contribution in [0.2, 0.25) is 0 Å². The van der Waals surface area contributed by atoms with E-state index in [-0.39, 0.29) is 6.04 Å². The molecule has 3 nitrogen and oxygen atoms in total. The Labute approximate surface area is 143 Å². The lowest BCUT2D eigenvalue weighted by molar-refractivity contribution is 0.722. The van der Waals surface area contributed by atoms with E-state index >= 15 is 0 Å². The number of nitrogens with one attached hydrogen (secondary N) is 2. The van der Waals surface area contributed by atoms with E-state index in [0.29, 0.717) is 5.11 Å². The first-order valence-electron chi connectivity index (χ1n) is 8.20. The molecular weight excluding hydrogens is 302 g/mol. The van der Waals surface area contributed by atoms with Gasteiger partial charge < -0.3 is 15.5 Å². The largest absolute Gasteiger partial charge is 0.372 e. The molecular formula is C19H23N3S. The fraction of sp³-hybridized carbons (Fsp3) is 0.316. The van der Waals surface area contributed by atoms with Gasteiger partial charge in [-0.2, -0.15) is 0 Å². The normalized spacial score (nSPS) is 15.3. The highest BCUT2D eigenvalue weighted by molar-refractivity contribution is 7.80. The fourth-order valence-electron chi connectivity index (χ4n) is 2.92. The molecule has 3 rings (SSSR count). The first-order chi connectivity index (χ1) is 11.2. The molecule has 0 bridgehead atoms. The standard InChI is InChI=1S/C19H23N3S/c1-15(20-19(23)21-17-7-3-2-4-8-17)16-9-11-18(12-10-16)22-13-5-6-14-22/h2-4,7-12,15H,5-6,13-14H2,1H3,(H2,20,21,23)/t15-/m0/s1. The van der Waals surface area contributed by atoms with Gasteiger partial charge in [0.1, 0.15) is 0 Å². The lowest BCUT2D eigenvalue weighted by Crippen LogP contribution is -2.30. The summed E-state index contributed by atoms with van der Waals surface area (Å²) in [5.74, 6) is 0. The molecule has 0 aromatic heterocycles. The Balaban J connectivity index is 1.57. The molecule has 1 aliphatic heterocycles. The van der Waals surface area contributed by atoms with Gasteiger partial charge in [-0.05, 0) is 61.8 Å². The molecule has 4 heteroatoms. The molecule has 0 spiro atoms. The Hall–Kier alpha value is -2.07. The Morgan fingerprint density at radius 1 is 1.00 bits per heavy atom. The van der Waals surface area contributed by atoms with Crippen LogP contribution in [0, 0.1) is 0 Å². The third-order valence-corrected chi connectivity index (χ3v) is 4.46. The molecule has 0 aliphatic carbocycles. The lowest BCUT2D eigenvalue weighted by Gasteiger charge is -2.20. The Kier molecular flexibility index (Phi) is 5.13. The predicted octanol–water partition coefficient (Wildman–Crippen LogP) is 4.33. The first kappa shape index (κ1) is 15.8. The highest BCUT2D eigenvalue weighted by Gasteiger charge is 2.13. The van der Waals surface area contributed by atoms with Gasteiger partial charge in [0.2, 0.25) is 0 Å². The first-order valence-corrected chi connectivity index (χ1v) is 8.61. The minimum Gasteiger partial charge on any atom is -0.372 e. The van der Waals surface area contributed by atoms with Gasteiger partial charge in [0.25, 0.3) is 0 Å². The zero-order valence-corrected chi connectivity index (χ0v) is 14.3. The van der Waals surface area contributed by atoms with Crippen LogP contribution in [-0.2, 0) is 0 Å². The van der Waals surface area contributed by atoms with Gasteiger partial charge in [-0.1, -0.05) is 30.3 Å². The second-order valence-corrected chi connectivity index (χ2v) is 6.38. The minimum absolute atomic E-state index is 0.173. The number of hydrogen-bond acceptors (Lipinski definition) is 2. The molecule has 1 heterocycles. The summed E-state index contributed by atoms with van der Waals surface area (Å²) in [6.07, 6.45) is 2.61. The van der Waals surface area contributed by atoms with Crippen LogP contribution >= 0.6 is 12.2 Å². The summed E-state index contributed by atoms with van der Waals surface area (Å²) in [6, 6.07) is 19.0. The van der Waals surface area contributed by atoms with Gasteiger partial charge in [-0.25, -0.2) is 0 Å². The molecule has 0 saturated carbocycles. The molecule has 120 valence electrons. The summed E-state index contributed by atoms with van der Waals surface area (Å²) >= 11 is 5.39. The van der Waals surface area contributed by atoms with Gasteiger partial charge in [-0.15, -0.1) is 0 Å². The Bertz CT molecular complexity index is 633. The number of benzene rings is 2. The molecule has 0 amide bonds. The molecule has 0 unspecified atom stereocenters. The third kappa shape index (κ3) is 4.23. The summed E-state index contributed by atoms with van der Waals surface area (Å²) in [6.45, 7) is 4.49. The van der Waals surface area contributed by atoms with Crippen molar-refractivity contribution in [2.45, 2.75) is 25.8 Å². The van der Waals surface area contributed by atoms with Crippen LogP contribution in [0.5, 0.6) is 0 Å². The van der Waals surface area contributed by atoms with Crippen molar-refractivity contribution in [2.24, 2.45) is 0 Å². The Morgan fingerprint density at radius 2 is 1.65 bits per heavy atom. The predicted molar refractivity (Wildman–Crippen MR) is 102 cm³/mol. The SMILES string of the molecule is C[C@H](NC(=S)Nc1ccccc1)c1ccc(N2CCCC2)cc1. The zero-order chi connectivity index (χ0) is 16.1. The van der Waals surface area contributed by atoms with Crippen molar-refractivity contribution in [1.29, 1.82) is 0 Å². The number of anilines is 2. The number of para-hydroxylation sites is 1. The average Bonchev–Trinajstić information content (AvgIpc) is 3.10. The molecule has 0 radical (unpaired) electrons. The topological polar surface area (TPSA) is 27.3 Å². The van der Waals surface area contributed by atoms with E-state index in [2.05, 4.69) is 46.7 Å². The van der Waals surface area contributed by atoms with E-state index in [4.69, 9.17) is 12.2 Å². The number of nitrogens with zero attached hydrogens (tertiary/aromatic N) is 1. The molecule has 23 heavy (non-hydrogen) atoms. The maximum Gasteiger partial charge on any atom is 0.171 e. The third-order valence-electron chi connectivity index (χ3n) is 4.24. The summed E-state index contributed by atoms with van der Waals surface area (Å²) in [7, 11) is 0. The van der Waals surface area contributed by atoms with E-state index < -0.39 is 0 Å². The second kappa shape index (κ2) is 7.47. The van der Waals surface area contributed by atoms with Gasteiger partial charge in [-0.3, -0.25) is 0 Å². The van der Waals surface area contributed by atoms with Crippen LogP contribution in [0.4, 0.5) is 11.4 Å². The average molecular weight is 325 g/mol. The van der Waals surface area contributed by atoms with Crippen LogP contribution in [0.3, 0.4) is 0 Å². The van der Waals surface area contributed by atoms with Crippen molar-refractivity contribution in [1.82, 2.24) is 5.32 Å². The monoisotopic (exact) mass is 325 g/mol. The molecule has 1 fully saturated rings. The van der Waals surface area contributed by atoms with Crippen LogP contribution in [-0.4, -0.2) is 18.2 Å². The Morgan fingerprint density at radius 3 is 2.30 bits per heavy atom. The van der Waals surface area contributed by atoms with Crippen molar-refractivity contribution in [2.75, 3.05) is 23.3 Å². The van der Waals surface area contributed by atoms with Crippen molar-refractivity contribution < 1.29 is 0 Å². The highest BCUT2D eigenvalue weighted by Crippen LogP contribution is 2.22. The maximum absolute atomic E-state index is 5.39. The van der Waals surface area contributed by atoms with E-state index in [9.17, 15) is 0 Å². The minimum atomic E-state index is 0.173. The van der Waals surface area contributed by atoms with Crippen molar-refractivity contribution in [3.63, 3.8) is 0 Å². The van der Waals surface area contributed by atoms with Gasteiger partial charge in [0.05, 0.1) is 6.04 Å². The van der Waals surface area contributed by atoms with E-state index in [1.165, 1.54) is 37.2 Å². The number of hydrogen-bond donors (Lipinski definition) is 2. The van der Waals surface area contributed by atoms with Gasteiger partial charge >= 0.3 is 0 Å². The molecule has 2 aromatic carbocycles. The fourth-order valence-corrected chi connectivity index (χ4v) is 3.21. The zero-order valence-electron chi connectivity index (χ0n) is 13.5. The van der Waals surface area contributed by atoms with E-state index in [1.807, 2.05) is 30.3 Å². The molecule has 1 saturated heterocycles. The highest BCUT2D eigenvalue weighted by atomic mass is 32.1. The van der Waals surface area contributed by atoms with Gasteiger partial charge in [0.15, 0.2) is 5.11 Å². The van der Waals surface area contributed by atoms with E-state index in [0.717, 1.165) is 5.69 Å². The number of thiocarbonyl (C=S) groups is 1. The summed E-state index contributed by atoms with van der Waals surface area (Å²) in [5.41, 5.74) is 3.56. The molecule has 1 aliphatic rings. The quantitative estimate of drug-likeness (QED) is 0.818. The summed E-state index contributed by atoms with van der Waals surface area (Å²) < 4.78 is 0. The summed E-state index contributed by atoms with van der Waals surface area (Å²) in [4.78, 5) is 2.45. The van der Waals surface area contributed by atoms with E-state index in [1.54, 1.807) is 0 Å². The van der Waals surface area contributed by atoms with Crippen LogP contribution < -0.4 is 15.5 Å². The molecule has 1 atom stereocenters. The maximum atomic E-state index is 5.39. The van der Waals surface area contributed by atoms with Crippen LogP contribution in [0.25, 0.3) is 0 Å². The van der Waals surface area contributed by atoms with Crippen molar-refractivity contribution in [3.05, 3.63) is 60.2 Å². The van der Waals surface area contributed by atoms with Gasteiger partial charge in [0, 0.05) is 24.5 Å². The second-order valence-electron chi connectivity index (χ2n) is 5.97. The van der Waals surface area contributed by atoms with Crippen molar-refractivity contribution >= 4 is 28.7 Å². The number of rotatable bonds is 4. The lowest BCUT2D eigenvalue weighted by atomic mass is 10.1. The van der Waals surface area contributed by atoms with Crippen LogP contribution in [0.1, 0.15) is 31.4 Å². The summed E-state index contributed by atoms with van der Waals surface area (Å²) in [5, 5.41) is 7.20. The molecule has 2 N–H and O–H groups in total. The molecule has 2 aromatic rings. The van der Waals surface area contributed by atoms with Crippen molar-refractivity contribution in [3.8, 4) is 0 Å². The smallest absolute Gasteiger partial charge is 0.171 e.